The molecule has 0 heterocycles. The molecule has 0 radical (unpaired) electrons. The smallest absolute Gasteiger partial charge is 0.255 e. The maximum atomic E-state index is 12.2. The number of amides is 1. The highest BCUT2D eigenvalue weighted by molar-refractivity contribution is 6.31. The van der Waals surface area contributed by atoms with Crippen LogP contribution >= 0.6 is 11.6 Å². The SMILES string of the molecule is C\C=C/C(=C\C=C\CC)NC(=O)c1ccc(C)c(Cl)c1. The second-order valence-electron chi connectivity index (χ2n) is 4.38. The molecule has 1 N–H and O–H groups in total. The van der Waals surface area contributed by atoms with E-state index in [2.05, 4.69) is 12.2 Å². The molecule has 0 saturated carbocycles. The number of halogens is 1. The average Bonchev–Trinajstić information content (AvgIpc) is 2.42. The predicted molar refractivity (Wildman–Crippen MR) is 86.0 cm³/mol. The van der Waals surface area contributed by atoms with Crippen LogP contribution in [-0.4, -0.2) is 5.91 Å². The van der Waals surface area contributed by atoms with Crippen LogP contribution in [0, 0.1) is 6.92 Å². The molecule has 0 fully saturated rings. The lowest BCUT2D eigenvalue weighted by atomic mass is 10.1. The zero-order chi connectivity index (χ0) is 15.0. The fourth-order valence-electron chi connectivity index (χ4n) is 1.56. The van der Waals surface area contributed by atoms with Gasteiger partial charge in [0.2, 0.25) is 0 Å². The summed E-state index contributed by atoms with van der Waals surface area (Å²) in [6, 6.07) is 5.29. The van der Waals surface area contributed by atoms with Crippen molar-refractivity contribution in [1.82, 2.24) is 5.32 Å². The number of carbonyl (C=O) groups is 1. The van der Waals surface area contributed by atoms with E-state index in [1.54, 1.807) is 12.1 Å². The van der Waals surface area contributed by atoms with Crippen molar-refractivity contribution in [2.75, 3.05) is 0 Å². The summed E-state index contributed by atoms with van der Waals surface area (Å²) in [5, 5.41) is 3.46. The van der Waals surface area contributed by atoms with Crippen molar-refractivity contribution in [3.63, 3.8) is 0 Å². The van der Waals surface area contributed by atoms with Crippen LogP contribution in [0.15, 0.2) is 54.3 Å². The Kier molecular flexibility index (Phi) is 6.82. The van der Waals surface area contributed by atoms with Crippen molar-refractivity contribution in [1.29, 1.82) is 0 Å². The van der Waals surface area contributed by atoms with Crippen molar-refractivity contribution in [2.24, 2.45) is 0 Å². The van der Waals surface area contributed by atoms with Crippen molar-refractivity contribution in [3.8, 4) is 0 Å². The maximum absolute atomic E-state index is 12.2. The van der Waals surface area contributed by atoms with Crippen molar-refractivity contribution in [3.05, 3.63) is 70.4 Å². The normalized spacial score (nSPS) is 12.3. The van der Waals surface area contributed by atoms with Crippen molar-refractivity contribution < 1.29 is 4.79 Å². The van der Waals surface area contributed by atoms with Crippen molar-refractivity contribution >= 4 is 17.5 Å². The molecule has 0 bridgehead atoms. The summed E-state index contributed by atoms with van der Waals surface area (Å²) < 4.78 is 0. The van der Waals surface area contributed by atoms with E-state index in [0.717, 1.165) is 17.7 Å². The molecule has 0 saturated heterocycles. The molecule has 0 aliphatic rings. The van der Waals surface area contributed by atoms with Gasteiger partial charge in [-0.1, -0.05) is 42.8 Å². The molecule has 0 aromatic heterocycles. The van der Waals surface area contributed by atoms with Gasteiger partial charge < -0.3 is 5.32 Å². The highest BCUT2D eigenvalue weighted by Crippen LogP contribution is 2.16. The molecule has 1 aromatic rings. The molecule has 1 amide bonds. The van der Waals surface area contributed by atoms with Gasteiger partial charge in [0.05, 0.1) is 0 Å². The summed E-state index contributed by atoms with van der Waals surface area (Å²) in [4.78, 5) is 12.2. The van der Waals surface area contributed by atoms with Gasteiger partial charge in [0.25, 0.3) is 5.91 Å². The lowest BCUT2D eigenvalue weighted by Gasteiger charge is -2.07. The van der Waals surface area contributed by atoms with Crippen molar-refractivity contribution in [2.45, 2.75) is 27.2 Å². The number of hydrogen-bond acceptors (Lipinski definition) is 1. The molecule has 20 heavy (non-hydrogen) atoms. The quantitative estimate of drug-likeness (QED) is 0.775. The third-order valence-electron chi connectivity index (χ3n) is 2.69. The Bertz CT molecular complexity index is 556. The maximum Gasteiger partial charge on any atom is 0.255 e. The fourth-order valence-corrected chi connectivity index (χ4v) is 1.74. The van der Waals surface area contributed by atoms with Crippen LogP contribution in [0.3, 0.4) is 0 Å². The molecule has 1 rings (SSSR count). The van der Waals surface area contributed by atoms with Crippen LogP contribution in [-0.2, 0) is 0 Å². The number of allylic oxidation sites excluding steroid dienone is 5. The molecule has 0 atom stereocenters. The van der Waals surface area contributed by atoms with Crippen LogP contribution in [0.25, 0.3) is 0 Å². The van der Waals surface area contributed by atoms with Gasteiger partial charge in [0.15, 0.2) is 0 Å². The fraction of sp³-hybridized carbons (Fsp3) is 0.235. The van der Waals surface area contributed by atoms with Crippen LogP contribution in [0.4, 0.5) is 0 Å². The highest BCUT2D eigenvalue weighted by atomic mass is 35.5. The second-order valence-corrected chi connectivity index (χ2v) is 4.78. The number of hydrogen-bond donors (Lipinski definition) is 1. The van der Waals surface area contributed by atoms with Gasteiger partial charge in [0.1, 0.15) is 0 Å². The Morgan fingerprint density at radius 3 is 2.75 bits per heavy atom. The van der Waals surface area contributed by atoms with Crippen LogP contribution in [0.5, 0.6) is 0 Å². The summed E-state index contributed by atoms with van der Waals surface area (Å²) in [5.41, 5.74) is 2.26. The summed E-state index contributed by atoms with van der Waals surface area (Å²) in [7, 11) is 0. The summed E-state index contributed by atoms with van der Waals surface area (Å²) in [5.74, 6) is -0.166. The Morgan fingerprint density at radius 2 is 2.15 bits per heavy atom. The largest absolute Gasteiger partial charge is 0.322 e. The first-order chi connectivity index (χ1) is 9.58. The number of benzene rings is 1. The predicted octanol–water partition coefficient (Wildman–Crippen LogP) is 4.80. The molecule has 0 aliphatic heterocycles. The minimum absolute atomic E-state index is 0.166. The van der Waals surface area contributed by atoms with E-state index in [-0.39, 0.29) is 5.91 Å². The molecule has 0 aliphatic carbocycles. The molecular formula is C17H20ClNO. The van der Waals surface area contributed by atoms with Gasteiger partial charge in [-0.3, -0.25) is 4.79 Å². The standard InChI is InChI=1S/C17H20ClNO/c1-4-6-7-9-15(8-5-2)19-17(20)14-11-10-13(3)16(18)12-14/h5-12H,4H2,1-3H3,(H,19,20)/b7-6+,8-5-,15-9+. The molecule has 2 nitrogen and oxygen atoms in total. The molecule has 106 valence electrons. The van der Waals surface area contributed by atoms with Gasteiger partial charge in [-0.25, -0.2) is 0 Å². The molecule has 0 unspecified atom stereocenters. The van der Waals surface area contributed by atoms with E-state index in [0.29, 0.717) is 10.6 Å². The minimum atomic E-state index is -0.166. The Labute approximate surface area is 125 Å². The van der Waals surface area contributed by atoms with Crippen LogP contribution in [0.2, 0.25) is 5.02 Å². The first kappa shape index (κ1) is 16.3. The van der Waals surface area contributed by atoms with E-state index < -0.39 is 0 Å². The highest BCUT2D eigenvalue weighted by Gasteiger charge is 2.07. The van der Waals surface area contributed by atoms with Crippen LogP contribution < -0.4 is 5.32 Å². The lowest BCUT2D eigenvalue weighted by molar-refractivity contribution is 0.0967. The van der Waals surface area contributed by atoms with Gasteiger partial charge in [0, 0.05) is 16.3 Å². The lowest BCUT2D eigenvalue weighted by Crippen LogP contribution is -2.21. The summed E-state index contributed by atoms with van der Waals surface area (Å²) >= 11 is 6.04. The number of aryl methyl sites for hydroxylation is 1. The van der Waals surface area contributed by atoms with Crippen LogP contribution in [0.1, 0.15) is 36.2 Å². The van der Waals surface area contributed by atoms with E-state index in [4.69, 9.17) is 11.6 Å². The topological polar surface area (TPSA) is 29.1 Å². The molecule has 3 heteroatoms. The minimum Gasteiger partial charge on any atom is -0.322 e. The Balaban J connectivity index is 2.87. The van der Waals surface area contributed by atoms with Gasteiger partial charge >= 0.3 is 0 Å². The zero-order valence-electron chi connectivity index (χ0n) is 12.1. The monoisotopic (exact) mass is 289 g/mol. The molecule has 0 spiro atoms. The zero-order valence-corrected chi connectivity index (χ0v) is 12.9. The third-order valence-corrected chi connectivity index (χ3v) is 3.09. The molecule has 1 aromatic carbocycles. The van der Waals surface area contributed by atoms with E-state index >= 15 is 0 Å². The van der Waals surface area contributed by atoms with E-state index in [9.17, 15) is 4.79 Å². The average molecular weight is 290 g/mol. The number of rotatable bonds is 5. The summed E-state index contributed by atoms with van der Waals surface area (Å²) in [6.07, 6.45) is 10.5. The first-order valence-corrected chi connectivity index (χ1v) is 7.03. The Hall–Kier alpha value is -1.80. The Morgan fingerprint density at radius 1 is 1.40 bits per heavy atom. The second kappa shape index (κ2) is 8.39. The first-order valence-electron chi connectivity index (χ1n) is 6.65. The summed E-state index contributed by atoms with van der Waals surface area (Å²) in [6.45, 7) is 5.88. The third kappa shape index (κ3) is 5.06. The number of nitrogens with one attached hydrogen (secondary N) is 1. The number of carbonyl (C=O) groups excluding carboxylic acids is 1. The van der Waals surface area contributed by atoms with E-state index in [1.807, 2.05) is 50.3 Å². The van der Waals surface area contributed by atoms with E-state index in [1.165, 1.54) is 0 Å². The molecular weight excluding hydrogens is 270 g/mol. The van der Waals surface area contributed by atoms with Gasteiger partial charge in [-0.15, -0.1) is 0 Å². The van der Waals surface area contributed by atoms with Gasteiger partial charge in [-0.2, -0.15) is 0 Å². The van der Waals surface area contributed by atoms with Gasteiger partial charge in [-0.05, 0) is 50.1 Å².